The van der Waals surface area contributed by atoms with Gasteiger partial charge in [0.2, 0.25) is 5.91 Å². The number of hydrogen-bond acceptors (Lipinski definition) is 5. The number of amides is 1. The fourth-order valence-electron chi connectivity index (χ4n) is 3.75. The largest absolute Gasteiger partial charge is 0.336 e. The first-order valence-corrected chi connectivity index (χ1v) is 13.1. The first kappa shape index (κ1) is 27.0. The van der Waals surface area contributed by atoms with E-state index in [0.717, 1.165) is 23.4 Å². The third-order valence-electron chi connectivity index (χ3n) is 5.74. The summed E-state index contributed by atoms with van der Waals surface area (Å²) >= 11 is 7.44. The zero-order valence-electron chi connectivity index (χ0n) is 20.8. The van der Waals surface area contributed by atoms with Crippen molar-refractivity contribution >= 4 is 29.3 Å². The normalized spacial score (nSPS) is 11.1. The van der Waals surface area contributed by atoms with Crippen LogP contribution < -0.4 is 5.56 Å². The highest BCUT2D eigenvalue weighted by Gasteiger charge is 2.19. The van der Waals surface area contributed by atoms with Crippen LogP contribution in [0.3, 0.4) is 0 Å². The summed E-state index contributed by atoms with van der Waals surface area (Å²) in [6, 6.07) is 17.5. The molecule has 0 spiro atoms. The average molecular weight is 513 g/mol. The third-order valence-corrected chi connectivity index (χ3v) is 6.99. The van der Waals surface area contributed by atoms with E-state index >= 15 is 0 Å². The number of benzene rings is 2. The van der Waals surface area contributed by atoms with Gasteiger partial charge < -0.3 is 9.80 Å². The summed E-state index contributed by atoms with van der Waals surface area (Å²) in [5, 5.41) is 1.20. The number of halogens is 1. The second-order valence-corrected chi connectivity index (χ2v) is 10.1. The minimum Gasteiger partial charge on any atom is -0.336 e. The Morgan fingerprint density at radius 1 is 1.06 bits per heavy atom. The number of carbonyl (C=O) groups excluding carboxylic acids is 1. The Kier molecular flexibility index (Phi) is 9.95. The van der Waals surface area contributed by atoms with Crippen LogP contribution in [0.25, 0.3) is 0 Å². The maximum Gasteiger partial charge on any atom is 0.257 e. The van der Waals surface area contributed by atoms with Gasteiger partial charge in [-0.3, -0.25) is 14.2 Å². The lowest BCUT2D eigenvalue weighted by molar-refractivity contribution is -0.129. The molecule has 1 amide bonds. The lowest BCUT2D eigenvalue weighted by Gasteiger charge is -2.24. The van der Waals surface area contributed by atoms with Gasteiger partial charge in [0.15, 0.2) is 5.16 Å². The Hall–Kier alpha value is -2.61. The van der Waals surface area contributed by atoms with Crippen molar-refractivity contribution < 1.29 is 4.79 Å². The molecule has 0 unspecified atom stereocenters. The summed E-state index contributed by atoms with van der Waals surface area (Å²) < 4.78 is 1.55. The van der Waals surface area contributed by atoms with Crippen LogP contribution in [0.4, 0.5) is 0 Å². The smallest absolute Gasteiger partial charge is 0.257 e. The maximum atomic E-state index is 13.2. The highest BCUT2D eigenvalue weighted by Crippen LogP contribution is 2.20. The first-order valence-electron chi connectivity index (χ1n) is 11.7. The quantitative estimate of drug-likeness (QED) is 0.284. The molecular formula is C27H33ClN4O2S. The second kappa shape index (κ2) is 12.9. The molecule has 35 heavy (non-hydrogen) atoms. The van der Waals surface area contributed by atoms with Gasteiger partial charge in [0.25, 0.3) is 5.56 Å². The molecule has 0 atom stereocenters. The molecule has 1 heterocycles. The molecule has 3 rings (SSSR count). The van der Waals surface area contributed by atoms with Crippen LogP contribution in [0.15, 0.2) is 64.5 Å². The molecule has 186 valence electrons. The minimum absolute atomic E-state index is 0.0241. The molecule has 0 bridgehead atoms. The number of rotatable bonds is 11. The van der Waals surface area contributed by atoms with Crippen LogP contribution in [0, 0.1) is 0 Å². The van der Waals surface area contributed by atoms with E-state index in [1.165, 1.54) is 11.8 Å². The van der Waals surface area contributed by atoms with Gasteiger partial charge in [-0.2, -0.15) is 0 Å². The van der Waals surface area contributed by atoms with Gasteiger partial charge >= 0.3 is 0 Å². The van der Waals surface area contributed by atoms with Crippen LogP contribution >= 0.6 is 23.4 Å². The van der Waals surface area contributed by atoms with Crippen LogP contribution in [-0.4, -0.2) is 58.2 Å². The summed E-state index contributed by atoms with van der Waals surface area (Å²) in [5.41, 5.74) is 3.41. The van der Waals surface area contributed by atoms with E-state index in [9.17, 15) is 9.59 Å². The van der Waals surface area contributed by atoms with E-state index in [2.05, 4.69) is 4.90 Å². The second-order valence-electron chi connectivity index (χ2n) is 8.74. The fourth-order valence-corrected chi connectivity index (χ4v) is 4.85. The van der Waals surface area contributed by atoms with Crippen LogP contribution in [0.2, 0.25) is 5.02 Å². The van der Waals surface area contributed by atoms with Crippen molar-refractivity contribution in [3.8, 4) is 0 Å². The number of hydrogen-bond donors (Lipinski definition) is 0. The lowest BCUT2D eigenvalue weighted by Crippen LogP contribution is -2.37. The van der Waals surface area contributed by atoms with Gasteiger partial charge in [0.05, 0.1) is 11.4 Å². The van der Waals surface area contributed by atoms with Crippen LogP contribution in [0.5, 0.6) is 0 Å². The molecule has 0 saturated carbocycles. The predicted molar refractivity (Wildman–Crippen MR) is 144 cm³/mol. The molecule has 0 saturated heterocycles. The highest BCUT2D eigenvalue weighted by atomic mass is 35.5. The lowest BCUT2D eigenvalue weighted by atomic mass is 10.0. The molecule has 0 N–H and O–H groups in total. The molecule has 8 heteroatoms. The highest BCUT2D eigenvalue weighted by molar-refractivity contribution is 7.99. The zero-order chi connectivity index (χ0) is 25.4. The van der Waals surface area contributed by atoms with E-state index in [4.69, 9.17) is 16.6 Å². The Balaban J connectivity index is 1.77. The van der Waals surface area contributed by atoms with Crippen molar-refractivity contribution in [2.75, 3.05) is 32.9 Å². The van der Waals surface area contributed by atoms with E-state index in [1.807, 2.05) is 80.5 Å². The fraction of sp³-hybridized carbons (Fsp3) is 0.370. The van der Waals surface area contributed by atoms with Crippen molar-refractivity contribution in [1.82, 2.24) is 19.4 Å². The Labute approximate surface area is 216 Å². The van der Waals surface area contributed by atoms with Gasteiger partial charge in [0.1, 0.15) is 0 Å². The number of aromatic nitrogens is 2. The summed E-state index contributed by atoms with van der Waals surface area (Å²) in [4.78, 5) is 35.1. The molecule has 0 radical (unpaired) electrons. The molecule has 0 aliphatic rings. The van der Waals surface area contributed by atoms with E-state index in [-0.39, 0.29) is 17.2 Å². The Bertz CT molecular complexity index is 1200. The standard InChI is InChI=1S/C27H33ClN4O2S/c1-5-24-23(17-21-12-9-13-22(28)16-21)26(34)31(4)27(29-24)35-19-25(33)32(15-14-30(2)3)18-20-10-7-6-8-11-20/h6-13,16H,5,14-15,17-19H2,1-4H3. The first-order chi connectivity index (χ1) is 16.8. The molecular weight excluding hydrogens is 480 g/mol. The van der Waals surface area contributed by atoms with Crippen molar-refractivity contribution in [3.63, 3.8) is 0 Å². The molecule has 0 fully saturated rings. The van der Waals surface area contributed by atoms with Crippen molar-refractivity contribution in [1.29, 1.82) is 0 Å². The summed E-state index contributed by atoms with van der Waals surface area (Å²) in [5.74, 6) is 0.244. The minimum atomic E-state index is -0.0828. The van der Waals surface area contributed by atoms with Gasteiger partial charge in [-0.15, -0.1) is 0 Å². The van der Waals surface area contributed by atoms with Crippen LogP contribution in [0.1, 0.15) is 29.3 Å². The topological polar surface area (TPSA) is 58.4 Å². The zero-order valence-corrected chi connectivity index (χ0v) is 22.4. The third kappa shape index (κ3) is 7.69. The van der Waals surface area contributed by atoms with Gasteiger partial charge in [-0.1, -0.05) is 72.8 Å². The molecule has 0 aliphatic heterocycles. The van der Waals surface area contributed by atoms with Crippen molar-refractivity contribution in [3.05, 3.63) is 92.4 Å². The van der Waals surface area contributed by atoms with Gasteiger partial charge in [0, 0.05) is 43.7 Å². The van der Waals surface area contributed by atoms with Crippen molar-refractivity contribution in [2.45, 2.75) is 31.5 Å². The van der Waals surface area contributed by atoms with E-state index < -0.39 is 0 Å². The number of aryl methyl sites for hydroxylation is 1. The Morgan fingerprint density at radius 2 is 1.77 bits per heavy atom. The molecule has 3 aromatic rings. The molecule has 2 aromatic carbocycles. The average Bonchev–Trinajstić information content (AvgIpc) is 2.84. The van der Waals surface area contributed by atoms with Gasteiger partial charge in [-0.25, -0.2) is 4.98 Å². The molecule has 6 nitrogen and oxygen atoms in total. The van der Waals surface area contributed by atoms with Crippen LogP contribution in [-0.2, 0) is 31.2 Å². The number of carbonyl (C=O) groups is 1. The molecule has 0 aliphatic carbocycles. The summed E-state index contributed by atoms with van der Waals surface area (Å²) in [6.07, 6.45) is 1.11. The number of thioether (sulfide) groups is 1. The van der Waals surface area contributed by atoms with E-state index in [1.54, 1.807) is 11.6 Å². The Morgan fingerprint density at radius 3 is 2.43 bits per heavy atom. The molecule has 1 aromatic heterocycles. The SMILES string of the molecule is CCc1nc(SCC(=O)N(CCN(C)C)Cc2ccccc2)n(C)c(=O)c1Cc1cccc(Cl)c1. The summed E-state index contributed by atoms with van der Waals surface area (Å²) in [7, 11) is 5.71. The monoisotopic (exact) mass is 512 g/mol. The summed E-state index contributed by atoms with van der Waals surface area (Å²) in [6.45, 7) is 3.95. The number of likely N-dealkylation sites (N-methyl/N-ethyl adjacent to an activating group) is 1. The number of nitrogens with zero attached hydrogens (tertiary/aromatic N) is 4. The van der Waals surface area contributed by atoms with Crippen molar-refractivity contribution in [2.24, 2.45) is 7.05 Å². The van der Waals surface area contributed by atoms with E-state index in [0.29, 0.717) is 41.7 Å². The predicted octanol–water partition coefficient (Wildman–Crippen LogP) is 4.27. The van der Waals surface area contributed by atoms with Gasteiger partial charge in [-0.05, 0) is 43.8 Å². The maximum absolute atomic E-state index is 13.2.